The predicted molar refractivity (Wildman–Crippen MR) is 95.9 cm³/mol. The number of halogens is 1. The molecule has 2 aromatic heterocycles. The molecular weight excluding hydrogens is 331 g/mol. The molecule has 0 aliphatic heterocycles. The molecule has 134 valence electrons. The molecule has 4 rings (SSSR count). The van der Waals surface area contributed by atoms with Crippen molar-refractivity contribution in [2.45, 2.75) is 36.9 Å². The number of nitrogens with one attached hydrogen (secondary N) is 2. The van der Waals surface area contributed by atoms with E-state index in [4.69, 9.17) is 0 Å². The molecule has 1 aromatic carbocycles. The van der Waals surface area contributed by atoms with Crippen molar-refractivity contribution in [1.29, 1.82) is 0 Å². The van der Waals surface area contributed by atoms with Crippen molar-refractivity contribution in [2.75, 3.05) is 0 Å². The summed E-state index contributed by atoms with van der Waals surface area (Å²) in [7, 11) is 0. The summed E-state index contributed by atoms with van der Waals surface area (Å²) in [6.07, 6.45) is 8.76. The van der Waals surface area contributed by atoms with Gasteiger partial charge in [-0.3, -0.25) is 4.98 Å². The summed E-state index contributed by atoms with van der Waals surface area (Å²) in [4.78, 5) is 11.7. The largest absolute Gasteiger partial charge is 0.389 e. The Morgan fingerprint density at radius 2 is 2.15 bits per heavy atom. The highest BCUT2D eigenvalue weighted by Gasteiger charge is 2.43. The summed E-state index contributed by atoms with van der Waals surface area (Å²) in [5, 5.41) is 14.3. The zero-order chi connectivity index (χ0) is 18.0. The second-order valence-corrected chi connectivity index (χ2v) is 7.00. The van der Waals surface area contributed by atoms with Gasteiger partial charge >= 0.3 is 0 Å². The van der Waals surface area contributed by atoms with Gasteiger partial charge in [-0.2, -0.15) is 0 Å². The van der Waals surface area contributed by atoms with Crippen LogP contribution in [0.1, 0.15) is 35.8 Å². The van der Waals surface area contributed by atoms with Crippen LogP contribution in [-0.4, -0.2) is 31.7 Å². The molecule has 1 aliphatic carbocycles. The summed E-state index contributed by atoms with van der Waals surface area (Å²) in [6, 6.07) is 10.4. The Morgan fingerprint density at radius 1 is 1.27 bits per heavy atom. The molecule has 26 heavy (non-hydrogen) atoms. The Morgan fingerprint density at radius 3 is 2.85 bits per heavy atom. The summed E-state index contributed by atoms with van der Waals surface area (Å²) in [5.41, 5.74) is 1.04. The number of hydrogen-bond donors (Lipinski definition) is 3. The first-order valence-electron chi connectivity index (χ1n) is 8.73. The molecule has 3 aromatic rings. The number of nitrogens with zero attached hydrogens (tertiary/aromatic N) is 2. The van der Waals surface area contributed by atoms with Crippen LogP contribution in [0.15, 0.2) is 61.2 Å². The van der Waals surface area contributed by atoms with Crippen molar-refractivity contribution in [2.24, 2.45) is 0 Å². The number of rotatable bonds is 6. The Bertz CT molecular complexity index is 847. The quantitative estimate of drug-likeness (QED) is 0.638. The lowest BCUT2D eigenvalue weighted by Crippen LogP contribution is -2.55. The average molecular weight is 352 g/mol. The SMILES string of the molecule is OC1(Cc2cccc(F)c2)CC(NC(c2cccnc2)c2ncc[nH]2)C1. The van der Waals surface area contributed by atoms with E-state index in [0.717, 1.165) is 17.0 Å². The Labute approximate surface area is 151 Å². The van der Waals surface area contributed by atoms with Gasteiger partial charge in [-0.1, -0.05) is 18.2 Å². The van der Waals surface area contributed by atoms with Gasteiger partial charge < -0.3 is 15.4 Å². The maximum Gasteiger partial charge on any atom is 0.127 e. The predicted octanol–water partition coefficient (Wildman–Crippen LogP) is 2.76. The molecule has 6 heteroatoms. The van der Waals surface area contributed by atoms with Crippen LogP contribution in [0.3, 0.4) is 0 Å². The summed E-state index contributed by atoms with van der Waals surface area (Å²) >= 11 is 0. The number of aromatic amines is 1. The van der Waals surface area contributed by atoms with E-state index in [1.807, 2.05) is 24.4 Å². The summed E-state index contributed by atoms with van der Waals surface area (Å²) in [5.74, 6) is 0.549. The van der Waals surface area contributed by atoms with Crippen LogP contribution >= 0.6 is 0 Å². The molecule has 1 aliphatic rings. The van der Waals surface area contributed by atoms with E-state index in [-0.39, 0.29) is 17.9 Å². The Kier molecular flexibility index (Phi) is 4.53. The van der Waals surface area contributed by atoms with Crippen molar-refractivity contribution in [1.82, 2.24) is 20.3 Å². The molecule has 1 atom stereocenters. The molecule has 5 nitrogen and oxygen atoms in total. The fourth-order valence-corrected chi connectivity index (χ4v) is 3.70. The first kappa shape index (κ1) is 16.9. The first-order valence-corrected chi connectivity index (χ1v) is 8.73. The van der Waals surface area contributed by atoms with Gasteiger partial charge in [0.05, 0.1) is 11.6 Å². The fraction of sp³-hybridized carbons (Fsp3) is 0.300. The van der Waals surface area contributed by atoms with Gasteiger partial charge in [0.25, 0.3) is 0 Å². The second-order valence-electron chi connectivity index (χ2n) is 7.00. The van der Waals surface area contributed by atoms with E-state index in [1.54, 1.807) is 24.7 Å². The molecule has 2 heterocycles. The van der Waals surface area contributed by atoms with Gasteiger partial charge in [0, 0.05) is 37.3 Å². The minimum absolute atomic E-state index is 0.109. The zero-order valence-electron chi connectivity index (χ0n) is 14.3. The van der Waals surface area contributed by atoms with Crippen LogP contribution in [0, 0.1) is 5.82 Å². The minimum Gasteiger partial charge on any atom is -0.389 e. The van der Waals surface area contributed by atoms with Gasteiger partial charge in [-0.25, -0.2) is 9.37 Å². The smallest absolute Gasteiger partial charge is 0.127 e. The number of hydrogen-bond acceptors (Lipinski definition) is 4. The van der Waals surface area contributed by atoms with Crippen LogP contribution in [0.5, 0.6) is 0 Å². The van der Waals surface area contributed by atoms with Crippen molar-refractivity contribution >= 4 is 0 Å². The van der Waals surface area contributed by atoms with Crippen LogP contribution < -0.4 is 5.32 Å². The number of benzene rings is 1. The number of pyridine rings is 1. The molecule has 0 saturated heterocycles. The van der Waals surface area contributed by atoms with E-state index in [1.165, 1.54) is 12.1 Å². The summed E-state index contributed by atoms with van der Waals surface area (Å²) in [6.45, 7) is 0. The normalized spacial score (nSPS) is 23.4. The maximum absolute atomic E-state index is 13.3. The monoisotopic (exact) mass is 352 g/mol. The Balaban J connectivity index is 1.43. The van der Waals surface area contributed by atoms with Crippen LogP contribution in [0.4, 0.5) is 4.39 Å². The Hall–Kier alpha value is -2.57. The molecule has 3 N–H and O–H groups in total. The molecule has 0 spiro atoms. The van der Waals surface area contributed by atoms with Gasteiger partial charge in [-0.15, -0.1) is 0 Å². The van der Waals surface area contributed by atoms with Crippen LogP contribution in [0.25, 0.3) is 0 Å². The number of H-pyrrole nitrogens is 1. The van der Waals surface area contributed by atoms with Gasteiger partial charge in [0.2, 0.25) is 0 Å². The number of aliphatic hydroxyl groups is 1. The topological polar surface area (TPSA) is 73.8 Å². The standard InChI is InChI=1S/C20H21FN4O/c21-16-5-1-3-14(9-16)10-20(26)11-17(12-20)25-18(19-23-7-8-24-19)15-4-2-6-22-13-15/h1-9,13,17-18,25-26H,10-12H2,(H,23,24). The molecular formula is C20H21FN4O. The molecule has 0 bridgehead atoms. The highest BCUT2D eigenvalue weighted by Crippen LogP contribution is 2.37. The number of imidazole rings is 1. The van der Waals surface area contributed by atoms with E-state index >= 15 is 0 Å². The highest BCUT2D eigenvalue weighted by molar-refractivity contribution is 5.24. The van der Waals surface area contributed by atoms with Crippen molar-refractivity contribution in [3.63, 3.8) is 0 Å². The maximum atomic E-state index is 13.3. The van der Waals surface area contributed by atoms with Crippen LogP contribution in [-0.2, 0) is 6.42 Å². The molecule has 1 unspecified atom stereocenters. The third-order valence-corrected chi connectivity index (χ3v) is 4.89. The molecule has 1 fully saturated rings. The minimum atomic E-state index is -0.798. The summed E-state index contributed by atoms with van der Waals surface area (Å²) < 4.78 is 13.3. The average Bonchev–Trinajstić information content (AvgIpc) is 3.13. The lowest BCUT2D eigenvalue weighted by molar-refractivity contribution is -0.0569. The first-order chi connectivity index (χ1) is 12.6. The van der Waals surface area contributed by atoms with Crippen molar-refractivity contribution in [3.8, 4) is 0 Å². The van der Waals surface area contributed by atoms with E-state index in [2.05, 4.69) is 20.3 Å². The molecule has 1 saturated carbocycles. The van der Waals surface area contributed by atoms with E-state index in [0.29, 0.717) is 19.3 Å². The molecule has 0 radical (unpaired) electrons. The third kappa shape index (κ3) is 3.66. The molecule has 0 amide bonds. The lowest BCUT2D eigenvalue weighted by Gasteiger charge is -2.45. The lowest BCUT2D eigenvalue weighted by atomic mass is 9.72. The van der Waals surface area contributed by atoms with Crippen LogP contribution in [0.2, 0.25) is 0 Å². The van der Waals surface area contributed by atoms with E-state index in [9.17, 15) is 9.50 Å². The van der Waals surface area contributed by atoms with Crippen molar-refractivity contribution in [3.05, 3.63) is 84.0 Å². The second kappa shape index (κ2) is 6.97. The van der Waals surface area contributed by atoms with Gasteiger partial charge in [0.1, 0.15) is 11.6 Å². The third-order valence-electron chi connectivity index (χ3n) is 4.89. The fourth-order valence-electron chi connectivity index (χ4n) is 3.70. The number of aromatic nitrogens is 3. The van der Waals surface area contributed by atoms with E-state index < -0.39 is 5.60 Å². The van der Waals surface area contributed by atoms with Crippen molar-refractivity contribution < 1.29 is 9.50 Å². The highest BCUT2D eigenvalue weighted by atomic mass is 19.1. The van der Waals surface area contributed by atoms with Gasteiger partial charge in [0.15, 0.2) is 0 Å². The zero-order valence-corrected chi connectivity index (χ0v) is 14.3. The van der Waals surface area contributed by atoms with Gasteiger partial charge in [-0.05, 0) is 42.2 Å².